The van der Waals surface area contributed by atoms with Gasteiger partial charge in [-0.1, -0.05) is 0 Å². The Morgan fingerprint density at radius 2 is 1.82 bits per heavy atom. The summed E-state index contributed by atoms with van der Waals surface area (Å²) < 4.78 is 0. The van der Waals surface area contributed by atoms with E-state index in [1.807, 2.05) is 0 Å². The first-order valence-electron chi connectivity index (χ1n) is 6.20. The van der Waals surface area contributed by atoms with Crippen LogP contribution in [-0.2, 0) is 9.59 Å². The van der Waals surface area contributed by atoms with E-state index in [1.165, 1.54) is 0 Å². The molecule has 2 aliphatic rings. The molecule has 0 saturated heterocycles. The second kappa shape index (κ2) is 3.98. The summed E-state index contributed by atoms with van der Waals surface area (Å²) in [6, 6.07) is -0.0579. The molecule has 5 heteroatoms. The van der Waals surface area contributed by atoms with Gasteiger partial charge in [0.15, 0.2) is 0 Å². The molecule has 0 spiro atoms. The number of fused-ring (bicyclic) bond motifs is 2. The minimum Gasteiger partial charge on any atom is -0.368 e. The number of nitrogens with two attached hydrogens (primary N) is 2. The molecule has 0 aromatic rings. The zero-order chi connectivity index (χ0) is 12.8. The average Bonchev–Trinajstić information content (AvgIpc) is 2.76. The van der Waals surface area contributed by atoms with Gasteiger partial charge in [-0.25, -0.2) is 0 Å². The standard InChI is InChI=1S/C12H21N3O2/c1-12(2,11(14)17)15-10(16)8-6-3-4-7(5-6)9(8)13/h6-9H,3-5,13H2,1-2H3,(H2,14,17)(H,15,16). The number of carbonyl (C=O) groups excluding carboxylic acids is 2. The zero-order valence-corrected chi connectivity index (χ0v) is 10.4. The van der Waals surface area contributed by atoms with Crippen molar-refractivity contribution >= 4 is 11.8 Å². The van der Waals surface area contributed by atoms with Crippen LogP contribution in [0.25, 0.3) is 0 Å². The fourth-order valence-corrected chi connectivity index (χ4v) is 3.18. The van der Waals surface area contributed by atoms with Gasteiger partial charge in [0.25, 0.3) is 0 Å². The molecule has 2 rings (SSSR count). The molecule has 0 heterocycles. The third kappa shape index (κ3) is 2.04. The quantitative estimate of drug-likeness (QED) is 0.632. The highest BCUT2D eigenvalue weighted by Crippen LogP contribution is 2.47. The maximum atomic E-state index is 12.2. The summed E-state index contributed by atoms with van der Waals surface area (Å²) in [5.74, 6) is 0.0783. The third-order valence-corrected chi connectivity index (χ3v) is 4.34. The Kier molecular flexibility index (Phi) is 2.89. The summed E-state index contributed by atoms with van der Waals surface area (Å²) in [7, 11) is 0. The highest BCUT2D eigenvalue weighted by molar-refractivity contribution is 5.90. The second-order valence-electron chi connectivity index (χ2n) is 5.91. The molecule has 2 bridgehead atoms. The summed E-state index contributed by atoms with van der Waals surface area (Å²) in [6.07, 6.45) is 3.26. The molecular formula is C12H21N3O2. The van der Waals surface area contributed by atoms with E-state index < -0.39 is 11.4 Å². The van der Waals surface area contributed by atoms with E-state index >= 15 is 0 Å². The highest BCUT2D eigenvalue weighted by atomic mass is 16.2. The molecule has 2 aliphatic carbocycles. The van der Waals surface area contributed by atoms with Crippen LogP contribution in [0.2, 0.25) is 0 Å². The van der Waals surface area contributed by atoms with E-state index in [-0.39, 0.29) is 17.9 Å². The van der Waals surface area contributed by atoms with Crippen molar-refractivity contribution < 1.29 is 9.59 Å². The molecule has 0 aromatic carbocycles. The van der Waals surface area contributed by atoms with Crippen molar-refractivity contribution in [3.8, 4) is 0 Å². The molecule has 0 aliphatic heterocycles. The number of hydrogen-bond donors (Lipinski definition) is 3. The fraction of sp³-hybridized carbons (Fsp3) is 0.833. The number of primary amides is 1. The lowest BCUT2D eigenvalue weighted by atomic mass is 9.83. The van der Waals surface area contributed by atoms with Gasteiger partial charge in [-0.2, -0.15) is 0 Å². The first-order valence-corrected chi connectivity index (χ1v) is 6.20. The van der Waals surface area contributed by atoms with Crippen LogP contribution in [0.3, 0.4) is 0 Å². The monoisotopic (exact) mass is 239 g/mol. The van der Waals surface area contributed by atoms with Crippen LogP contribution in [0.1, 0.15) is 33.1 Å². The van der Waals surface area contributed by atoms with Gasteiger partial charge >= 0.3 is 0 Å². The number of hydrogen-bond acceptors (Lipinski definition) is 3. The molecule has 4 unspecified atom stereocenters. The molecule has 4 atom stereocenters. The lowest BCUT2D eigenvalue weighted by molar-refractivity contribution is -0.134. The molecular weight excluding hydrogens is 218 g/mol. The predicted octanol–water partition coefficient (Wildman–Crippen LogP) is -0.260. The summed E-state index contributed by atoms with van der Waals surface area (Å²) in [5, 5.41) is 2.72. The van der Waals surface area contributed by atoms with Gasteiger partial charge in [-0.3, -0.25) is 9.59 Å². The Morgan fingerprint density at radius 3 is 2.29 bits per heavy atom. The van der Waals surface area contributed by atoms with Crippen molar-refractivity contribution in [2.75, 3.05) is 0 Å². The van der Waals surface area contributed by atoms with Gasteiger partial charge in [0.1, 0.15) is 5.54 Å². The van der Waals surface area contributed by atoms with Gasteiger partial charge in [-0.05, 0) is 44.9 Å². The average molecular weight is 239 g/mol. The second-order valence-corrected chi connectivity index (χ2v) is 5.91. The summed E-state index contributed by atoms with van der Waals surface area (Å²) in [4.78, 5) is 23.4. The van der Waals surface area contributed by atoms with Crippen LogP contribution in [0.5, 0.6) is 0 Å². The maximum absolute atomic E-state index is 12.2. The molecule has 0 radical (unpaired) electrons. The van der Waals surface area contributed by atoms with Gasteiger partial charge in [0.2, 0.25) is 11.8 Å². The van der Waals surface area contributed by atoms with Crippen molar-refractivity contribution in [1.82, 2.24) is 5.32 Å². The van der Waals surface area contributed by atoms with Crippen LogP contribution in [0.4, 0.5) is 0 Å². The maximum Gasteiger partial charge on any atom is 0.242 e. The Hall–Kier alpha value is -1.10. The Balaban J connectivity index is 2.04. The van der Waals surface area contributed by atoms with E-state index in [4.69, 9.17) is 11.5 Å². The smallest absolute Gasteiger partial charge is 0.242 e. The molecule has 96 valence electrons. The fourth-order valence-electron chi connectivity index (χ4n) is 3.18. The first-order chi connectivity index (χ1) is 7.83. The van der Waals surface area contributed by atoms with Crippen molar-refractivity contribution in [2.45, 2.75) is 44.7 Å². The molecule has 2 saturated carbocycles. The normalized spacial score (nSPS) is 35.9. The number of amides is 2. The lowest BCUT2D eigenvalue weighted by Crippen LogP contribution is -2.57. The molecule has 2 amide bonds. The van der Waals surface area contributed by atoms with E-state index in [2.05, 4.69) is 5.32 Å². The van der Waals surface area contributed by atoms with E-state index in [0.29, 0.717) is 11.8 Å². The Labute approximate surface area is 101 Å². The van der Waals surface area contributed by atoms with Gasteiger partial charge < -0.3 is 16.8 Å². The zero-order valence-electron chi connectivity index (χ0n) is 10.4. The van der Waals surface area contributed by atoms with E-state index in [0.717, 1.165) is 19.3 Å². The van der Waals surface area contributed by atoms with Crippen molar-refractivity contribution in [3.63, 3.8) is 0 Å². The lowest BCUT2D eigenvalue weighted by Gasteiger charge is -2.31. The third-order valence-electron chi connectivity index (χ3n) is 4.34. The van der Waals surface area contributed by atoms with Gasteiger partial charge in [0.05, 0.1) is 5.92 Å². The summed E-state index contributed by atoms with van der Waals surface area (Å²) >= 11 is 0. The van der Waals surface area contributed by atoms with Crippen molar-refractivity contribution in [1.29, 1.82) is 0 Å². The van der Waals surface area contributed by atoms with Crippen LogP contribution < -0.4 is 16.8 Å². The molecule has 0 aromatic heterocycles. The van der Waals surface area contributed by atoms with Gasteiger partial charge in [-0.15, -0.1) is 0 Å². The highest BCUT2D eigenvalue weighted by Gasteiger charge is 2.49. The van der Waals surface area contributed by atoms with Crippen LogP contribution in [0, 0.1) is 17.8 Å². The van der Waals surface area contributed by atoms with Crippen LogP contribution >= 0.6 is 0 Å². The number of nitrogens with one attached hydrogen (secondary N) is 1. The SMILES string of the molecule is CC(C)(NC(=O)C1C2CCC(C2)C1N)C(N)=O. The van der Waals surface area contributed by atoms with E-state index in [9.17, 15) is 9.59 Å². The Morgan fingerprint density at radius 1 is 1.24 bits per heavy atom. The minimum atomic E-state index is -1.00. The molecule has 17 heavy (non-hydrogen) atoms. The number of rotatable bonds is 3. The molecule has 5 N–H and O–H groups in total. The van der Waals surface area contributed by atoms with Crippen molar-refractivity contribution in [3.05, 3.63) is 0 Å². The molecule has 2 fully saturated rings. The predicted molar refractivity (Wildman–Crippen MR) is 63.7 cm³/mol. The largest absolute Gasteiger partial charge is 0.368 e. The van der Waals surface area contributed by atoms with Crippen LogP contribution in [-0.4, -0.2) is 23.4 Å². The Bertz CT molecular complexity index is 352. The minimum absolute atomic E-state index is 0.0579. The van der Waals surface area contributed by atoms with E-state index in [1.54, 1.807) is 13.8 Å². The first kappa shape index (κ1) is 12.4. The number of carbonyl (C=O) groups is 2. The van der Waals surface area contributed by atoms with Gasteiger partial charge in [0, 0.05) is 6.04 Å². The van der Waals surface area contributed by atoms with Crippen molar-refractivity contribution in [2.24, 2.45) is 29.2 Å². The topological polar surface area (TPSA) is 98.2 Å². The summed E-state index contributed by atoms with van der Waals surface area (Å²) in [5.41, 5.74) is 10.3. The molecule has 5 nitrogen and oxygen atoms in total. The summed E-state index contributed by atoms with van der Waals surface area (Å²) in [6.45, 7) is 3.23. The van der Waals surface area contributed by atoms with Crippen LogP contribution in [0.15, 0.2) is 0 Å².